The highest BCUT2D eigenvalue weighted by atomic mass is 79.9. The maximum atomic E-state index is 12.7. The lowest BCUT2D eigenvalue weighted by Gasteiger charge is -2.17. The second kappa shape index (κ2) is 8.48. The van der Waals surface area contributed by atoms with Crippen LogP contribution in [0.4, 0.5) is 5.69 Å². The van der Waals surface area contributed by atoms with Gasteiger partial charge in [-0.2, -0.15) is 0 Å². The molecular weight excluding hydrogens is 424 g/mol. The number of anilines is 1. The Kier molecular flexibility index (Phi) is 6.04. The van der Waals surface area contributed by atoms with Crippen LogP contribution in [-0.2, 0) is 9.59 Å². The SMILES string of the molecule is CCOc1cc(/C=C2/C(=O)NN(c3ccccc3)C2=O)cc(Br)c1OC(C)C. The number of hydrogen-bond donors (Lipinski definition) is 1. The molecule has 0 radical (unpaired) electrons. The molecule has 2 amide bonds. The second-order valence-corrected chi connectivity index (χ2v) is 7.26. The molecule has 0 atom stereocenters. The van der Waals surface area contributed by atoms with Crippen molar-refractivity contribution in [2.75, 3.05) is 11.6 Å². The lowest BCUT2D eigenvalue weighted by molar-refractivity contribution is -0.117. The first-order valence-corrected chi connectivity index (χ1v) is 9.75. The summed E-state index contributed by atoms with van der Waals surface area (Å²) in [4.78, 5) is 25.1. The predicted octanol–water partition coefficient (Wildman–Crippen LogP) is 4.10. The fourth-order valence-corrected chi connectivity index (χ4v) is 3.32. The van der Waals surface area contributed by atoms with Crippen molar-refractivity contribution in [1.82, 2.24) is 5.43 Å². The van der Waals surface area contributed by atoms with Gasteiger partial charge >= 0.3 is 0 Å². The first kappa shape index (κ1) is 19.9. The number of hydrogen-bond acceptors (Lipinski definition) is 4. The molecule has 146 valence electrons. The van der Waals surface area contributed by atoms with Crippen LogP contribution in [0.25, 0.3) is 6.08 Å². The molecular formula is C21H21BrN2O4. The summed E-state index contributed by atoms with van der Waals surface area (Å²) in [6.07, 6.45) is 1.52. The smallest absolute Gasteiger partial charge is 0.282 e. The average molecular weight is 445 g/mol. The highest BCUT2D eigenvalue weighted by molar-refractivity contribution is 9.10. The van der Waals surface area contributed by atoms with Crippen LogP contribution in [0, 0.1) is 0 Å². The molecule has 0 aromatic heterocycles. The van der Waals surface area contributed by atoms with E-state index in [1.165, 1.54) is 5.01 Å². The number of benzene rings is 2. The summed E-state index contributed by atoms with van der Waals surface area (Å²) in [5.41, 5.74) is 3.89. The Balaban J connectivity index is 1.96. The van der Waals surface area contributed by atoms with E-state index in [0.29, 0.717) is 33.8 Å². The van der Waals surface area contributed by atoms with Gasteiger partial charge in [0, 0.05) is 0 Å². The van der Waals surface area contributed by atoms with Crippen LogP contribution < -0.4 is 19.9 Å². The molecule has 3 rings (SSSR count). The highest BCUT2D eigenvalue weighted by Crippen LogP contribution is 2.38. The van der Waals surface area contributed by atoms with Crippen LogP contribution >= 0.6 is 15.9 Å². The number of nitrogens with zero attached hydrogens (tertiary/aromatic N) is 1. The van der Waals surface area contributed by atoms with E-state index in [1.54, 1.807) is 42.5 Å². The Hall–Kier alpha value is -2.80. The normalized spacial score (nSPS) is 15.3. The summed E-state index contributed by atoms with van der Waals surface area (Å²) in [6, 6.07) is 12.5. The predicted molar refractivity (Wildman–Crippen MR) is 111 cm³/mol. The van der Waals surface area contributed by atoms with Gasteiger partial charge in [0.2, 0.25) is 0 Å². The van der Waals surface area contributed by atoms with Crippen molar-refractivity contribution in [1.29, 1.82) is 0 Å². The maximum Gasteiger partial charge on any atom is 0.282 e. The molecule has 1 aliphatic rings. The van der Waals surface area contributed by atoms with E-state index in [0.717, 1.165) is 0 Å². The van der Waals surface area contributed by atoms with Gasteiger partial charge in [0.1, 0.15) is 5.57 Å². The molecule has 0 spiro atoms. The Morgan fingerprint density at radius 1 is 1.18 bits per heavy atom. The summed E-state index contributed by atoms with van der Waals surface area (Å²) in [6.45, 7) is 6.20. The number of hydrazine groups is 1. The van der Waals surface area contributed by atoms with Gasteiger partial charge in [-0.05, 0) is 72.6 Å². The molecule has 1 heterocycles. The Labute approximate surface area is 172 Å². The number of ether oxygens (including phenoxy) is 2. The highest BCUT2D eigenvalue weighted by Gasteiger charge is 2.34. The van der Waals surface area contributed by atoms with Crippen LogP contribution in [0.1, 0.15) is 26.3 Å². The van der Waals surface area contributed by atoms with Gasteiger partial charge in [-0.3, -0.25) is 15.0 Å². The number of carbonyl (C=O) groups is 2. The standard InChI is InChI=1S/C21H21BrN2O4/c1-4-27-18-12-14(11-17(22)19(18)28-13(2)3)10-16-20(25)23-24(21(16)26)15-8-6-5-7-9-15/h5-13H,4H2,1-3H3,(H,23,25)/b16-10-. The van der Waals surface area contributed by atoms with E-state index in [4.69, 9.17) is 9.47 Å². The third-order valence-corrected chi connectivity index (χ3v) is 4.49. The van der Waals surface area contributed by atoms with Crippen molar-refractivity contribution in [3.63, 3.8) is 0 Å². The lowest BCUT2D eigenvalue weighted by Crippen LogP contribution is -2.35. The Morgan fingerprint density at radius 2 is 1.89 bits per heavy atom. The average Bonchev–Trinajstić information content (AvgIpc) is 2.93. The van der Waals surface area contributed by atoms with Crippen LogP contribution in [0.3, 0.4) is 0 Å². The minimum atomic E-state index is -0.453. The fourth-order valence-electron chi connectivity index (χ4n) is 2.77. The van der Waals surface area contributed by atoms with Crippen molar-refractivity contribution in [2.45, 2.75) is 26.9 Å². The van der Waals surface area contributed by atoms with E-state index in [9.17, 15) is 9.59 Å². The summed E-state index contributed by atoms with van der Waals surface area (Å²) in [5, 5.41) is 1.24. The third-order valence-electron chi connectivity index (χ3n) is 3.90. The summed E-state index contributed by atoms with van der Waals surface area (Å²) in [5.74, 6) is 0.272. The van der Waals surface area contributed by atoms with Crippen LogP contribution in [0.15, 0.2) is 52.5 Å². The Bertz CT molecular complexity index is 926. The molecule has 0 saturated carbocycles. The lowest BCUT2D eigenvalue weighted by atomic mass is 10.1. The van der Waals surface area contributed by atoms with E-state index in [2.05, 4.69) is 21.4 Å². The molecule has 1 N–H and O–H groups in total. The third kappa shape index (κ3) is 4.20. The fraction of sp³-hybridized carbons (Fsp3) is 0.238. The number of carbonyl (C=O) groups excluding carboxylic acids is 2. The van der Waals surface area contributed by atoms with Crippen molar-refractivity contribution < 1.29 is 19.1 Å². The molecule has 1 saturated heterocycles. The number of amides is 2. The molecule has 0 aliphatic carbocycles. The van der Waals surface area contributed by atoms with Gasteiger partial charge in [-0.15, -0.1) is 0 Å². The number of halogens is 1. The molecule has 1 aliphatic heterocycles. The summed E-state index contributed by atoms with van der Waals surface area (Å²) >= 11 is 3.49. The maximum absolute atomic E-state index is 12.7. The summed E-state index contributed by atoms with van der Waals surface area (Å²) < 4.78 is 12.2. The number of rotatable bonds is 6. The van der Waals surface area contributed by atoms with Crippen molar-refractivity contribution in [3.05, 3.63) is 58.1 Å². The van der Waals surface area contributed by atoms with Crippen LogP contribution in [0.5, 0.6) is 11.5 Å². The van der Waals surface area contributed by atoms with Crippen molar-refractivity contribution in [2.24, 2.45) is 0 Å². The van der Waals surface area contributed by atoms with E-state index in [1.807, 2.05) is 26.8 Å². The first-order chi connectivity index (χ1) is 13.4. The molecule has 28 heavy (non-hydrogen) atoms. The molecule has 2 aromatic rings. The molecule has 6 nitrogen and oxygen atoms in total. The van der Waals surface area contributed by atoms with Crippen LogP contribution in [0.2, 0.25) is 0 Å². The van der Waals surface area contributed by atoms with Gasteiger partial charge < -0.3 is 9.47 Å². The topological polar surface area (TPSA) is 67.9 Å². The Morgan fingerprint density at radius 3 is 2.54 bits per heavy atom. The molecule has 0 bridgehead atoms. The second-order valence-electron chi connectivity index (χ2n) is 6.40. The quantitative estimate of drug-likeness (QED) is 0.537. The van der Waals surface area contributed by atoms with E-state index in [-0.39, 0.29) is 11.7 Å². The molecule has 7 heteroatoms. The zero-order valence-corrected chi connectivity index (χ0v) is 17.4. The van der Waals surface area contributed by atoms with Crippen molar-refractivity contribution in [3.8, 4) is 11.5 Å². The number of nitrogens with one attached hydrogen (secondary N) is 1. The van der Waals surface area contributed by atoms with Gasteiger partial charge in [0.15, 0.2) is 11.5 Å². The molecule has 2 aromatic carbocycles. The zero-order chi connectivity index (χ0) is 20.3. The van der Waals surface area contributed by atoms with Gasteiger partial charge in [0.25, 0.3) is 11.8 Å². The molecule has 0 unspecified atom stereocenters. The summed E-state index contributed by atoms with van der Waals surface area (Å²) in [7, 11) is 0. The minimum Gasteiger partial charge on any atom is -0.490 e. The zero-order valence-electron chi connectivity index (χ0n) is 15.9. The molecule has 1 fully saturated rings. The van der Waals surface area contributed by atoms with Gasteiger partial charge in [-0.1, -0.05) is 18.2 Å². The van der Waals surface area contributed by atoms with Crippen molar-refractivity contribution >= 4 is 39.5 Å². The first-order valence-electron chi connectivity index (χ1n) is 8.96. The van der Waals surface area contributed by atoms with Gasteiger partial charge in [0.05, 0.1) is 22.9 Å². The van der Waals surface area contributed by atoms with E-state index < -0.39 is 11.8 Å². The van der Waals surface area contributed by atoms with Gasteiger partial charge in [-0.25, -0.2) is 5.01 Å². The largest absolute Gasteiger partial charge is 0.490 e. The minimum absolute atomic E-state index is 0.0265. The monoisotopic (exact) mass is 444 g/mol. The van der Waals surface area contributed by atoms with Crippen LogP contribution in [-0.4, -0.2) is 24.5 Å². The number of para-hydroxylation sites is 1. The van der Waals surface area contributed by atoms with E-state index >= 15 is 0 Å².